The third kappa shape index (κ3) is 6.55. The van der Waals surface area contributed by atoms with Crippen molar-refractivity contribution in [3.8, 4) is 5.75 Å². The van der Waals surface area contributed by atoms with Crippen LogP contribution >= 0.6 is 0 Å². The van der Waals surface area contributed by atoms with Crippen LogP contribution in [0.2, 0.25) is 0 Å². The molecule has 46 heavy (non-hydrogen) atoms. The molecule has 6 atom stereocenters. The van der Waals surface area contributed by atoms with Gasteiger partial charge in [0.15, 0.2) is 18.3 Å². The number of likely N-dealkylation sites (tertiary alicyclic amines) is 1. The molecule has 1 saturated heterocycles. The van der Waals surface area contributed by atoms with E-state index in [0.717, 1.165) is 11.1 Å². The van der Waals surface area contributed by atoms with E-state index in [9.17, 15) is 38.1 Å². The number of benzene rings is 2. The molecule has 2 heterocycles. The zero-order valence-electron chi connectivity index (χ0n) is 25.2. The summed E-state index contributed by atoms with van der Waals surface area (Å²) in [5.41, 5.74) is 0.539. The Kier molecular flexibility index (Phi) is 11.1. The maximum atomic E-state index is 13.1. The lowest BCUT2D eigenvalue weighted by atomic mass is 9.54. The summed E-state index contributed by atoms with van der Waals surface area (Å²) < 4.78 is 48.7. The topological polar surface area (TPSA) is 143 Å². The second kappa shape index (κ2) is 13.9. The Bertz CT molecular complexity index is 1460. The number of esters is 2. The van der Waals surface area contributed by atoms with E-state index in [2.05, 4.69) is 4.90 Å². The Hall–Kier alpha value is -3.78. The average molecular weight is 652 g/mol. The molecule has 1 fully saturated rings. The van der Waals surface area contributed by atoms with Crippen molar-refractivity contribution in [1.82, 2.24) is 4.90 Å². The number of aryl methyl sites for hydroxylation is 1. The third-order valence-corrected chi connectivity index (χ3v) is 8.92. The van der Waals surface area contributed by atoms with Crippen LogP contribution in [0.25, 0.3) is 0 Å². The fourth-order valence-electron chi connectivity index (χ4n) is 6.46. The number of aldehydes is 1. The Balaban J connectivity index is 0.000000752. The smallest absolute Gasteiger partial charge is 0.446 e. The molecule has 0 amide bonds. The first-order chi connectivity index (χ1) is 21.1. The van der Waals surface area contributed by atoms with E-state index in [1.54, 1.807) is 42.5 Å². The van der Waals surface area contributed by atoms with E-state index in [1.165, 1.54) is 6.92 Å². The summed E-state index contributed by atoms with van der Waals surface area (Å²) in [4.78, 5) is 36.4. The fourth-order valence-corrected chi connectivity index (χ4v) is 6.46. The first kappa shape index (κ1) is 36.7. The molecular weight excluding hydrogens is 611 g/mol. The minimum atomic E-state index is -4.64. The molecule has 5 rings (SSSR count). The van der Waals surface area contributed by atoms with E-state index >= 15 is 0 Å². The minimum Gasteiger partial charge on any atom is -0.481 e. The number of hydrogen-bond acceptors (Lipinski definition) is 10. The van der Waals surface area contributed by atoms with Gasteiger partial charge in [-0.3, -0.25) is 4.79 Å². The van der Waals surface area contributed by atoms with Gasteiger partial charge in [0.25, 0.3) is 0 Å². The van der Waals surface area contributed by atoms with Crippen molar-refractivity contribution in [3.05, 3.63) is 76.6 Å². The number of aliphatic hydroxyl groups excluding tert-OH is 2. The van der Waals surface area contributed by atoms with Gasteiger partial charge in [-0.15, -0.1) is 0 Å². The largest absolute Gasteiger partial charge is 0.481 e. The number of aliphatic hydroxyl groups is 3. The van der Waals surface area contributed by atoms with Crippen LogP contribution in [0.1, 0.15) is 62.5 Å². The number of rotatable bonds is 6. The van der Waals surface area contributed by atoms with Crippen LogP contribution in [-0.2, 0) is 35.9 Å². The lowest BCUT2D eigenvalue weighted by Crippen LogP contribution is -2.71. The van der Waals surface area contributed by atoms with Crippen molar-refractivity contribution in [2.45, 2.75) is 89.2 Å². The van der Waals surface area contributed by atoms with E-state index < -0.39 is 53.7 Å². The van der Waals surface area contributed by atoms with Gasteiger partial charge in [0.2, 0.25) is 6.29 Å². The molecule has 10 nitrogen and oxygen atoms in total. The van der Waals surface area contributed by atoms with Gasteiger partial charge in [-0.25, -0.2) is 9.59 Å². The predicted octanol–water partition coefficient (Wildman–Crippen LogP) is 3.82. The summed E-state index contributed by atoms with van der Waals surface area (Å²) in [5, 5.41) is 32.7. The van der Waals surface area contributed by atoms with Gasteiger partial charge in [-0.1, -0.05) is 49.9 Å². The van der Waals surface area contributed by atoms with Crippen LogP contribution in [0.4, 0.5) is 13.2 Å². The number of carbonyl (C=O) groups is 3. The van der Waals surface area contributed by atoms with Gasteiger partial charge >= 0.3 is 18.1 Å². The maximum Gasteiger partial charge on any atom is 0.446 e. The SMILES string of the molecule is C.Cc1ccc(CO)c2c1[C@]13CCN(C)[C@H](C)[C@]1(O)CC=C(OC(=O)[C@H](C)OC(=O)[C@@H](O)c1ccccc1)[C@@H]3O2.O=CC(F)(F)F. The van der Waals surface area contributed by atoms with Crippen molar-refractivity contribution in [2.75, 3.05) is 13.6 Å². The summed E-state index contributed by atoms with van der Waals surface area (Å²) in [6.07, 6.45) is -6.94. The Morgan fingerprint density at radius 1 is 1.17 bits per heavy atom. The fraction of sp³-hybridized carbons (Fsp3) is 0.485. The molecule has 1 aliphatic carbocycles. The normalized spacial score (nSPS) is 26.2. The van der Waals surface area contributed by atoms with E-state index in [-0.39, 0.29) is 32.3 Å². The standard InChI is InChI=1S/C30H35NO8.C2HF3O.CH4/c1-17-10-11-21(16-32)25-23(17)29-14-15-31(4)19(3)30(29,36)13-12-22(26(29)39-25)38-27(34)18(2)37-28(35)24(33)20-8-6-5-7-9-20;3-2(4,5)1-6;/h5-12,18-19,24,26,32-33,36H,13-16H2,1-4H3;1H;1H4/t18-,19+,24-,26-,29-,30+;;/m0../s1. The molecule has 252 valence electrons. The van der Waals surface area contributed by atoms with Gasteiger partial charge in [0, 0.05) is 23.6 Å². The van der Waals surface area contributed by atoms with Crippen molar-refractivity contribution < 1.29 is 57.1 Å². The number of alkyl halides is 3. The summed E-state index contributed by atoms with van der Waals surface area (Å²) >= 11 is 0. The molecule has 2 aromatic carbocycles. The quantitative estimate of drug-likeness (QED) is 0.312. The predicted molar refractivity (Wildman–Crippen MR) is 159 cm³/mol. The number of halogens is 3. The number of ether oxygens (including phenoxy) is 3. The highest BCUT2D eigenvalue weighted by molar-refractivity contribution is 5.82. The molecule has 13 heteroatoms. The highest BCUT2D eigenvalue weighted by atomic mass is 19.4. The van der Waals surface area contributed by atoms with Gasteiger partial charge in [-0.05, 0) is 58.0 Å². The molecule has 0 aromatic heterocycles. The molecule has 0 unspecified atom stereocenters. The Morgan fingerprint density at radius 2 is 1.80 bits per heavy atom. The first-order valence-electron chi connectivity index (χ1n) is 14.3. The van der Waals surface area contributed by atoms with Crippen LogP contribution < -0.4 is 4.74 Å². The molecule has 1 spiro atoms. The van der Waals surface area contributed by atoms with Crippen LogP contribution in [0.5, 0.6) is 5.75 Å². The third-order valence-electron chi connectivity index (χ3n) is 8.92. The van der Waals surface area contributed by atoms with Crippen molar-refractivity contribution in [3.63, 3.8) is 0 Å². The minimum absolute atomic E-state index is 0. The highest BCUT2D eigenvalue weighted by Gasteiger charge is 2.69. The van der Waals surface area contributed by atoms with Crippen molar-refractivity contribution >= 4 is 18.2 Å². The van der Waals surface area contributed by atoms with Gasteiger partial charge < -0.3 is 34.4 Å². The number of piperidine rings is 1. The van der Waals surface area contributed by atoms with Gasteiger partial charge in [0.1, 0.15) is 11.5 Å². The lowest BCUT2D eigenvalue weighted by molar-refractivity contribution is -0.175. The maximum absolute atomic E-state index is 13.1. The number of likely N-dealkylation sites (N-methyl/N-ethyl adjacent to an activating group) is 1. The Labute approximate surface area is 265 Å². The first-order valence-corrected chi connectivity index (χ1v) is 14.3. The molecule has 0 radical (unpaired) electrons. The number of nitrogens with zero attached hydrogens (tertiary/aromatic N) is 1. The lowest BCUT2D eigenvalue weighted by Gasteiger charge is -2.58. The number of hydrogen-bond donors (Lipinski definition) is 3. The van der Waals surface area contributed by atoms with Gasteiger partial charge in [-0.2, -0.15) is 13.2 Å². The average Bonchev–Trinajstić information content (AvgIpc) is 3.38. The molecule has 0 bridgehead atoms. The molecule has 3 aliphatic rings. The van der Waals surface area contributed by atoms with Crippen molar-refractivity contribution in [2.24, 2.45) is 0 Å². The van der Waals surface area contributed by atoms with Crippen LogP contribution in [-0.4, -0.2) is 82.1 Å². The van der Waals surface area contributed by atoms with Crippen LogP contribution in [0.3, 0.4) is 0 Å². The molecule has 2 aromatic rings. The Morgan fingerprint density at radius 3 is 2.39 bits per heavy atom. The number of fused-ring (bicyclic) bond motifs is 1. The summed E-state index contributed by atoms with van der Waals surface area (Å²) in [6.45, 7) is 5.75. The van der Waals surface area contributed by atoms with Crippen LogP contribution in [0.15, 0.2) is 54.3 Å². The zero-order chi connectivity index (χ0) is 33.3. The second-order valence-corrected chi connectivity index (χ2v) is 11.5. The monoisotopic (exact) mass is 651 g/mol. The number of carbonyl (C=O) groups excluding carboxylic acids is 3. The van der Waals surface area contributed by atoms with Crippen LogP contribution in [0, 0.1) is 6.92 Å². The van der Waals surface area contributed by atoms with E-state index in [1.807, 2.05) is 27.0 Å². The van der Waals surface area contributed by atoms with E-state index in [0.29, 0.717) is 29.8 Å². The van der Waals surface area contributed by atoms with Gasteiger partial charge in [0.05, 0.1) is 17.6 Å². The summed E-state index contributed by atoms with van der Waals surface area (Å²) in [7, 11) is 1.97. The summed E-state index contributed by atoms with van der Waals surface area (Å²) in [6, 6.07) is 11.8. The molecule has 2 aliphatic heterocycles. The molecule has 3 N–H and O–H groups in total. The molecular formula is C33H40F3NO9. The summed E-state index contributed by atoms with van der Waals surface area (Å²) in [5.74, 6) is -1.06. The zero-order valence-corrected chi connectivity index (χ0v) is 25.2. The van der Waals surface area contributed by atoms with Crippen molar-refractivity contribution in [1.29, 1.82) is 0 Å². The second-order valence-electron chi connectivity index (χ2n) is 11.5. The molecule has 0 saturated carbocycles. The highest BCUT2D eigenvalue weighted by Crippen LogP contribution is 2.61. The van der Waals surface area contributed by atoms with E-state index in [4.69, 9.17) is 19.0 Å².